The molecule has 30 heavy (non-hydrogen) atoms. The van der Waals surface area contributed by atoms with Gasteiger partial charge >= 0.3 is 0 Å². The molecule has 2 amide bonds. The Hall–Kier alpha value is -2.34. The number of H-pyrrole nitrogens is 1. The fourth-order valence-electron chi connectivity index (χ4n) is 5.47. The first-order valence-corrected chi connectivity index (χ1v) is 11.2. The van der Waals surface area contributed by atoms with E-state index in [4.69, 9.17) is 0 Å². The smallest absolute Gasteiger partial charge is 0.230 e. The quantitative estimate of drug-likeness (QED) is 0.825. The number of hydrogen-bond acceptors (Lipinski definition) is 3. The third-order valence-electron chi connectivity index (χ3n) is 7.41. The van der Waals surface area contributed by atoms with Crippen molar-refractivity contribution in [2.75, 3.05) is 40.3 Å². The fourth-order valence-corrected chi connectivity index (χ4v) is 5.47. The SMILES string of the molecule is CCN(C)C(=O)[C@@]12CCCN(C)[C@H]1CN(C(=O)CCc1c[nH]c3ccccc13)CC2. The van der Waals surface area contributed by atoms with Crippen LogP contribution >= 0.6 is 0 Å². The number of fused-ring (bicyclic) bond motifs is 2. The molecule has 2 saturated heterocycles. The molecule has 4 rings (SSSR count). The first-order valence-electron chi connectivity index (χ1n) is 11.2. The highest BCUT2D eigenvalue weighted by atomic mass is 16.2. The molecule has 162 valence electrons. The average molecular weight is 411 g/mol. The maximum atomic E-state index is 13.3. The number of nitrogens with zero attached hydrogens (tertiary/aromatic N) is 3. The van der Waals surface area contributed by atoms with Crippen LogP contribution in [0.3, 0.4) is 0 Å². The van der Waals surface area contributed by atoms with Crippen LogP contribution in [0.25, 0.3) is 10.9 Å². The number of aromatic nitrogens is 1. The Kier molecular flexibility index (Phi) is 5.87. The first kappa shape index (κ1) is 20.9. The lowest BCUT2D eigenvalue weighted by Gasteiger charge is -2.54. The van der Waals surface area contributed by atoms with Crippen molar-refractivity contribution in [2.24, 2.45) is 5.41 Å². The van der Waals surface area contributed by atoms with Crippen LogP contribution in [0.5, 0.6) is 0 Å². The minimum absolute atomic E-state index is 0.110. The predicted octanol–water partition coefficient (Wildman–Crippen LogP) is 2.89. The Morgan fingerprint density at radius 1 is 1.23 bits per heavy atom. The number of likely N-dealkylation sites (tertiary alicyclic amines) is 2. The van der Waals surface area contributed by atoms with Crippen LogP contribution < -0.4 is 0 Å². The van der Waals surface area contributed by atoms with E-state index < -0.39 is 0 Å². The highest BCUT2D eigenvalue weighted by Crippen LogP contribution is 2.43. The van der Waals surface area contributed by atoms with Gasteiger partial charge in [-0.15, -0.1) is 0 Å². The van der Waals surface area contributed by atoms with Gasteiger partial charge in [0.2, 0.25) is 11.8 Å². The van der Waals surface area contributed by atoms with Gasteiger partial charge < -0.3 is 19.7 Å². The van der Waals surface area contributed by atoms with E-state index in [1.807, 2.05) is 42.1 Å². The van der Waals surface area contributed by atoms with Crippen molar-refractivity contribution in [1.29, 1.82) is 0 Å². The number of hydrogen-bond donors (Lipinski definition) is 1. The summed E-state index contributed by atoms with van der Waals surface area (Å²) in [4.78, 5) is 35.8. The topological polar surface area (TPSA) is 59.7 Å². The summed E-state index contributed by atoms with van der Waals surface area (Å²) < 4.78 is 0. The lowest BCUT2D eigenvalue weighted by molar-refractivity contribution is -0.158. The van der Waals surface area contributed by atoms with Gasteiger partial charge in [0, 0.05) is 56.2 Å². The molecule has 3 heterocycles. The van der Waals surface area contributed by atoms with Gasteiger partial charge in [0.15, 0.2) is 0 Å². The zero-order valence-corrected chi connectivity index (χ0v) is 18.5. The lowest BCUT2D eigenvalue weighted by Crippen LogP contribution is -2.65. The average Bonchev–Trinajstić information content (AvgIpc) is 3.19. The molecule has 2 atom stereocenters. The molecule has 6 heteroatoms. The predicted molar refractivity (Wildman–Crippen MR) is 119 cm³/mol. The summed E-state index contributed by atoms with van der Waals surface area (Å²) in [5.41, 5.74) is 1.97. The molecule has 0 radical (unpaired) electrons. The molecule has 2 aromatic rings. The summed E-state index contributed by atoms with van der Waals surface area (Å²) in [6.45, 7) is 5.09. The minimum Gasteiger partial charge on any atom is -0.361 e. The van der Waals surface area contributed by atoms with E-state index >= 15 is 0 Å². The molecule has 0 saturated carbocycles. The number of benzene rings is 1. The summed E-state index contributed by atoms with van der Waals surface area (Å²) in [5, 5.41) is 1.20. The van der Waals surface area contributed by atoms with E-state index in [0.29, 0.717) is 19.5 Å². The van der Waals surface area contributed by atoms with Crippen molar-refractivity contribution in [2.45, 2.75) is 45.1 Å². The maximum absolute atomic E-state index is 13.3. The van der Waals surface area contributed by atoms with Gasteiger partial charge in [0.05, 0.1) is 5.41 Å². The van der Waals surface area contributed by atoms with Gasteiger partial charge in [0.1, 0.15) is 0 Å². The number of amides is 2. The number of aryl methyl sites for hydroxylation is 1. The fraction of sp³-hybridized carbons (Fsp3) is 0.583. The number of carbonyl (C=O) groups excluding carboxylic acids is 2. The number of para-hydroxylation sites is 1. The second-order valence-electron chi connectivity index (χ2n) is 9.02. The summed E-state index contributed by atoms with van der Waals surface area (Å²) in [7, 11) is 4.01. The van der Waals surface area contributed by atoms with Crippen LogP contribution in [-0.2, 0) is 16.0 Å². The molecule has 1 N–H and O–H groups in total. The molecule has 0 bridgehead atoms. The van der Waals surface area contributed by atoms with Gasteiger partial charge in [-0.05, 0) is 57.8 Å². The Morgan fingerprint density at radius 2 is 2.03 bits per heavy atom. The highest BCUT2D eigenvalue weighted by Gasteiger charge is 2.53. The van der Waals surface area contributed by atoms with Crippen LogP contribution in [-0.4, -0.2) is 77.8 Å². The maximum Gasteiger partial charge on any atom is 0.230 e. The first-order chi connectivity index (χ1) is 14.5. The van der Waals surface area contributed by atoms with E-state index in [-0.39, 0.29) is 23.3 Å². The third-order valence-corrected chi connectivity index (χ3v) is 7.41. The van der Waals surface area contributed by atoms with E-state index in [0.717, 1.165) is 44.3 Å². The number of piperidine rings is 2. The molecule has 1 aromatic carbocycles. The standard InChI is InChI=1S/C24H34N4O2/c1-4-26(2)23(30)24-12-7-14-27(3)21(24)17-28(15-13-24)22(29)11-10-18-16-25-20-9-6-5-8-19(18)20/h5-6,8-9,16,21,25H,4,7,10-15,17H2,1-3H3/t21-,24+/m0/s1. The van der Waals surface area contributed by atoms with Gasteiger partial charge in [-0.1, -0.05) is 18.2 Å². The second kappa shape index (κ2) is 8.42. The third kappa shape index (κ3) is 3.62. The van der Waals surface area contributed by atoms with Crippen molar-refractivity contribution in [1.82, 2.24) is 19.7 Å². The molecule has 2 aliphatic heterocycles. The molecule has 2 fully saturated rings. The highest BCUT2D eigenvalue weighted by molar-refractivity contribution is 5.85. The number of aromatic amines is 1. The van der Waals surface area contributed by atoms with Crippen LogP contribution in [0.1, 0.15) is 38.2 Å². The van der Waals surface area contributed by atoms with Crippen LogP contribution in [0, 0.1) is 5.41 Å². The van der Waals surface area contributed by atoms with Crippen LogP contribution in [0.4, 0.5) is 0 Å². The Bertz CT molecular complexity index is 923. The van der Waals surface area contributed by atoms with Crippen molar-refractivity contribution in [3.05, 3.63) is 36.0 Å². The monoisotopic (exact) mass is 410 g/mol. The Morgan fingerprint density at radius 3 is 2.83 bits per heavy atom. The Balaban J connectivity index is 1.45. The number of rotatable bonds is 5. The largest absolute Gasteiger partial charge is 0.361 e. The number of carbonyl (C=O) groups is 2. The van der Waals surface area contributed by atoms with E-state index in [1.165, 1.54) is 10.9 Å². The summed E-state index contributed by atoms with van der Waals surface area (Å²) >= 11 is 0. The van der Waals surface area contributed by atoms with Crippen LogP contribution in [0.2, 0.25) is 0 Å². The summed E-state index contributed by atoms with van der Waals surface area (Å²) in [6, 6.07) is 8.33. The zero-order valence-electron chi connectivity index (χ0n) is 18.5. The van der Waals surface area contributed by atoms with Gasteiger partial charge in [0.25, 0.3) is 0 Å². The number of likely N-dealkylation sites (N-methyl/N-ethyl adjacent to an activating group) is 1. The lowest BCUT2D eigenvalue weighted by atomic mass is 9.67. The van der Waals surface area contributed by atoms with E-state index in [2.05, 4.69) is 29.1 Å². The molecule has 2 aliphatic rings. The van der Waals surface area contributed by atoms with Crippen molar-refractivity contribution < 1.29 is 9.59 Å². The van der Waals surface area contributed by atoms with Gasteiger partial charge in [-0.25, -0.2) is 0 Å². The molecular formula is C24H34N4O2. The molecule has 0 spiro atoms. The van der Waals surface area contributed by atoms with Crippen molar-refractivity contribution in [3.8, 4) is 0 Å². The van der Waals surface area contributed by atoms with E-state index in [1.54, 1.807) is 0 Å². The minimum atomic E-state index is -0.342. The van der Waals surface area contributed by atoms with Crippen LogP contribution in [0.15, 0.2) is 30.5 Å². The molecular weight excluding hydrogens is 376 g/mol. The van der Waals surface area contributed by atoms with Gasteiger partial charge in [-0.2, -0.15) is 0 Å². The molecule has 0 aliphatic carbocycles. The van der Waals surface area contributed by atoms with Crippen molar-refractivity contribution >= 4 is 22.7 Å². The normalized spacial score (nSPS) is 24.6. The van der Waals surface area contributed by atoms with E-state index in [9.17, 15) is 9.59 Å². The molecule has 1 aromatic heterocycles. The van der Waals surface area contributed by atoms with Gasteiger partial charge in [-0.3, -0.25) is 9.59 Å². The van der Waals surface area contributed by atoms with Crippen molar-refractivity contribution in [3.63, 3.8) is 0 Å². The Labute approximate surface area is 179 Å². The second-order valence-corrected chi connectivity index (χ2v) is 9.02. The number of nitrogens with one attached hydrogen (secondary N) is 1. The summed E-state index contributed by atoms with van der Waals surface area (Å²) in [6.07, 6.45) is 6.02. The molecule has 6 nitrogen and oxygen atoms in total. The molecule has 0 unspecified atom stereocenters. The summed E-state index contributed by atoms with van der Waals surface area (Å²) in [5.74, 6) is 0.455. The zero-order chi connectivity index (χ0) is 21.3.